The van der Waals surface area contributed by atoms with E-state index in [9.17, 15) is 2.74 Å². The van der Waals surface area contributed by atoms with E-state index in [4.69, 9.17) is 14.7 Å². The summed E-state index contributed by atoms with van der Waals surface area (Å²) in [6.45, 7) is 19.3. The van der Waals surface area contributed by atoms with E-state index in [1.165, 1.54) is 5.56 Å². The van der Waals surface area contributed by atoms with Gasteiger partial charge in [0.25, 0.3) is 0 Å². The summed E-state index contributed by atoms with van der Waals surface area (Å²) in [5.74, 6) is 2.18. The Balaban J connectivity index is 0.00000588. The molecule has 12 rings (SSSR count). The maximum absolute atomic E-state index is 9.37. The van der Waals surface area contributed by atoms with E-state index in [-0.39, 0.29) is 37.8 Å². The number of ether oxygens (including phenoxy) is 1. The van der Waals surface area contributed by atoms with Crippen LogP contribution in [-0.4, -0.2) is 19.1 Å². The van der Waals surface area contributed by atoms with Gasteiger partial charge in [-0.2, -0.15) is 18.2 Å². The number of hydrogen-bond donors (Lipinski definition) is 0. The maximum Gasteiger partial charge on any atom is 0.135 e. The Kier molecular flexibility index (Phi) is 11.1. The second kappa shape index (κ2) is 18.0. The van der Waals surface area contributed by atoms with Crippen LogP contribution in [-0.2, 0) is 38.3 Å². The molecule has 0 spiro atoms. The Hall–Kier alpha value is -7.40. The van der Waals surface area contributed by atoms with E-state index in [1.807, 2.05) is 32.2 Å². The molecule has 0 saturated heterocycles. The van der Waals surface area contributed by atoms with Gasteiger partial charge in [-0.05, 0) is 136 Å². The molecular formula is C65H56N5OPt-3. The van der Waals surface area contributed by atoms with Crippen molar-refractivity contribution in [2.24, 2.45) is 5.92 Å². The van der Waals surface area contributed by atoms with Crippen molar-refractivity contribution in [1.82, 2.24) is 19.1 Å². The molecule has 5 heterocycles. The van der Waals surface area contributed by atoms with Gasteiger partial charge in [0, 0.05) is 52.8 Å². The number of anilines is 2. The van der Waals surface area contributed by atoms with Crippen LogP contribution < -0.4 is 9.64 Å². The first kappa shape index (κ1) is 44.5. The Bertz CT molecular complexity index is 4100. The van der Waals surface area contributed by atoms with Crippen molar-refractivity contribution in [3.63, 3.8) is 0 Å². The molecule has 1 aliphatic heterocycles. The first-order valence-corrected chi connectivity index (χ1v) is 24.6. The minimum Gasteiger partial charge on any atom is -0.521 e. The molecule has 0 fully saturated rings. The molecule has 0 unspecified atom stereocenters. The molecule has 0 atom stereocenters. The zero-order valence-corrected chi connectivity index (χ0v) is 44.1. The topological polar surface area (TPSA) is 48.1 Å². The first-order valence-electron chi connectivity index (χ1n) is 25.6. The third kappa shape index (κ3) is 8.16. The molecule has 0 saturated carbocycles. The summed E-state index contributed by atoms with van der Waals surface area (Å²) in [6, 6.07) is 62.5. The van der Waals surface area contributed by atoms with Gasteiger partial charge in [0.15, 0.2) is 0 Å². The third-order valence-corrected chi connectivity index (χ3v) is 13.8. The van der Waals surface area contributed by atoms with Crippen LogP contribution in [0.5, 0.6) is 11.5 Å². The van der Waals surface area contributed by atoms with E-state index in [0.717, 1.165) is 93.4 Å². The Morgan fingerprint density at radius 2 is 1.19 bits per heavy atom. The molecule has 11 aromatic rings. The van der Waals surface area contributed by atoms with Crippen molar-refractivity contribution in [2.45, 2.75) is 72.6 Å². The summed E-state index contributed by atoms with van der Waals surface area (Å²) in [4.78, 5) is 12.0. The van der Waals surface area contributed by atoms with Crippen LogP contribution in [0.2, 0.25) is 0 Å². The molecule has 0 bridgehead atoms. The smallest absolute Gasteiger partial charge is 0.135 e. The fourth-order valence-electron chi connectivity index (χ4n) is 10.4. The molecule has 0 radical (unpaired) electrons. The summed E-state index contributed by atoms with van der Waals surface area (Å²) in [5, 5.41) is 8.77. The molecule has 0 aliphatic carbocycles. The first-order chi connectivity index (χ1) is 35.0. The van der Waals surface area contributed by atoms with Crippen molar-refractivity contribution in [3.8, 4) is 28.4 Å². The fraction of sp³-hybridized carbons (Fsp3) is 0.185. The monoisotopic (exact) mass is 1120 g/mol. The maximum atomic E-state index is 9.37. The normalized spacial score (nSPS) is 13.2. The van der Waals surface area contributed by atoms with Gasteiger partial charge in [-0.25, -0.2) is 4.98 Å². The van der Waals surface area contributed by atoms with Gasteiger partial charge in [0.05, 0.1) is 0 Å². The molecule has 7 aromatic carbocycles. The zero-order valence-electron chi connectivity index (χ0n) is 43.8. The van der Waals surface area contributed by atoms with Crippen molar-refractivity contribution in [2.75, 3.05) is 4.90 Å². The SMILES string of the molecule is [2H]C([2H])(c1cc(-c2cccc3c4ccccc4c4ccccc4c4cccc5c4n(c23)[CH-]N5c2[c-]c(Oc3[c-]c4c(cc3)c3ccccc3n4-c3cc(C(C)(C)C)ccn3)ccn2)cc(C(C)(C)C)c1)C(C)C.[Pt]. The van der Waals surface area contributed by atoms with E-state index in [0.29, 0.717) is 22.9 Å². The molecule has 0 N–H and O–H groups in total. The third-order valence-electron chi connectivity index (χ3n) is 13.8. The minimum atomic E-state index is -1.56. The largest absolute Gasteiger partial charge is 0.521 e. The second-order valence-electron chi connectivity index (χ2n) is 21.1. The van der Waals surface area contributed by atoms with Gasteiger partial charge in [-0.15, -0.1) is 17.5 Å². The molecular weight excluding hydrogens is 1060 g/mol. The van der Waals surface area contributed by atoms with Crippen molar-refractivity contribution < 1.29 is 28.5 Å². The van der Waals surface area contributed by atoms with E-state index in [2.05, 4.69) is 220 Å². The predicted molar refractivity (Wildman–Crippen MR) is 296 cm³/mol. The van der Waals surface area contributed by atoms with Crippen molar-refractivity contribution in [3.05, 3.63) is 206 Å². The minimum absolute atomic E-state index is 0. The molecule has 1 aliphatic rings. The Labute approximate surface area is 439 Å². The van der Waals surface area contributed by atoms with Gasteiger partial charge in [-0.3, -0.25) is 4.98 Å². The van der Waals surface area contributed by atoms with Crippen LogP contribution in [0.3, 0.4) is 0 Å². The molecule has 360 valence electrons. The van der Waals surface area contributed by atoms with Gasteiger partial charge < -0.3 is 18.8 Å². The van der Waals surface area contributed by atoms with Gasteiger partial charge in [0.1, 0.15) is 5.82 Å². The second-order valence-corrected chi connectivity index (χ2v) is 21.1. The molecule has 72 heavy (non-hydrogen) atoms. The zero-order chi connectivity index (χ0) is 50.6. The average molecular weight is 1120 g/mol. The summed E-state index contributed by atoms with van der Waals surface area (Å²) < 4.78 is 30.0. The summed E-state index contributed by atoms with van der Waals surface area (Å²) in [6.07, 6.45) is 2.10. The van der Waals surface area contributed by atoms with E-state index >= 15 is 0 Å². The van der Waals surface area contributed by atoms with Crippen LogP contribution in [0.4, 0.5) is 11.5 Å². The van der Waals surface area contributed by atoms with Crippen LogP contribution in [0, 0.1) is 24.7 Å². The average Bonchev–Trinajstić information content (AvgIpc) is 3.96. The van der Waals surface area contributed by atoms with Crippen LogP contribution in [0.25, 0.3) is 82.1 Å². The number of benzene rings is 7. The number of fused-ring (bicyclic) bond motifs is 10. The standard InChI is InChI=1S/C65H56N5O.Pt/c1-41(2)33-42-34-43(36-45(35-42)65(6,7)8)48-22-15-23-55-51-19-11-9-17-49(51)50-18-10-12-20-52(50)56-24-16-26-58-63(56)69(62(48)55)40-68(58)60-39-47(30-32-66-60)71-46-27-28-54-53-21-13-14-25-57(53)70(59(54)38-46)61-37-44(29-31-67-61)64(3,4)5;/h9-32,34-37,40-41H,33H2,1-8H3;/q-3;/i33D2;. The van der Waals surface area contributed by atoms with Crippen LogP contribution in [0.1, 0.15) is 74.8 Å². The molecule has 6 nitrogen and oxygen atoms in total. The molecule has 4 aromatic heterocycles. The number of rotatable bonds is 7. The number of pyridine rings is 2. The molecule has 0 amide bonds. The van der Waals surface area contributed by atoms with Gasteiger partial charge >= 0.3 is 0 Å². The molecule has 7 heteroatoms. The number of para-hydroxylation sites is 3. The van der Waals surface area contributed by atoms with Crippen molar-refractivity contribution in [1.29, 1.82) is 0 Å². The quantitative estimate of drug-likeness (QED) is 0.149. The summed E-state index contributed by atoms with van der Waals surface area (Å²) in [5.41, 5.74) is 9.42. The number of hydrogen-bond acceptors (Lipinski definition) is 4. The van der Waals surface area contributed by atoms with Gasteiger partial charge in [0.2, 0.25) is 0 Å². The predicted octanol–water partition coefficient (Wildman–Crippen LogP) is 17.1. The van der Waals surface area contributed by atoms with Gasteiger partial charge in [-0.1, -0.05) is 182 Å². The van der Waals surface area contributed by atoms with E-state index < -0.39 is 6.37 Å². The number of aromatic nitrogens is 4. The summed E-state index contributed by atoms with van der Waals surface area (Å²) >= 11 is 0. The Morgan fingerprint density at radius 1 is 0.583 bits per heavy atom. The number of nitrogens with zero attached hydrogens (tertiary/aromatic N) is 5. The van der Waals surface area contributed by atoms with E-state index in [1.54, 1.807) is 6.20 Å². The fourth-order valence-corrected chi connectivity index (χ4v) is 10.4. The van der Waals surface area contributed by atoms with Crippen molar-refractivity contribution >= 4 is 76.7 Å². The van der Waals surface area contributed by atoms with Crippen LogP contribution in [0.15, 0.2) is 170 Å². The Morgan fingerprint density at radius 3 is 1.89 bits per heavy atom. The summed E-state index contributed by atoms with van der Waals surface area (Å²) in [7, 11) is 0. The van der Waals surface area contributed by atoms with Crippen LogP contribution >= 0.6 is 0 Å².